The fourth-order valence-corrected chi connectivity index (χ4v) is 2.99. The largest absolute Gasteiger partial charge is 0.353 e. The molecule has 4 heteroatoms. The second-order valence-electron chi connectivity index (χ2n) is 6.07. The summed E-state index contributed by atoms with van der Waals surface area (Å²) in [7, 11) is 0. The van der Waals surface area contributed by atoms with Crippen molar-refractivity contribution in [3.8, 4) is 0 Å². The van der Waals surface area contributed by atoms with Gasteiger partial charge in [0.05, 0.1) is 5.92 Å². The first kappa shape index (κ1) is 17.4. The molecule has 1 heterocycles. The molecule has 0 aromatic carbocycles. The Bertz CT molecular complexity index is 279. The monoisotopic (exact) mass is 283 g/mol. The van der Waals surface area contributed by atoms with Gasteiger partial charge in [0.2, 0.25) is 5.91 Å². The number of carbonyl (C=O) groups is 1. The first-order chi connectivity index (χ1) is 9.58. The predicted octanol–water partition coefficient (Wildman–Crippen LogP) is 2.00. The fourth-order valence-electron chi connectivity index (χ4n) is 2.99. The van der Waals surface area contributed by atoms with Crippen LogP contribution in [0.3, 0.4) is 0 Å². The summed E-state index contributed by atoms with van der Waals surface area (Å²) in [6, 6.07) is 0.596. The number of carbonyl (C=O) groups excluding carboxylic acids is 1. The summed E-state index contributed by atoms with van der Waals surface area (Å²) in [5.74, 6) is 0.383. The fraction of sp³-hybridized carbons (Fsp3) is 0.938. The number of nitrogens with one attached hydrogen (secondary N) is 2. The van der Waals surface area contributed by atoms with Gasteiger partial charge >= 0.3 is 0 Å². The van der Waals surface area contributed by atoms with Crippen LogP contribution in [0.15, 0.2) is 0 Å². The van der Waals surface area contributed by atoms with Crippen LogP contribution in [0.25, 0.3) is 0 Å². The molecule has 1 aliphatic rings. The molecule has 3 unspecified atom stereocenters. The van der Waals surface area contributed by atoms with Crippen LogP contribution in [-0.2, 0) is 4.79 Å². The van der Waals surface area contributed by atoms with E-state index in [1.54, 1.807) is 0 Å². The molecule has 0 radical (unpaired) electrons. The zero-order chi connectivity index (χ0) is 15.0. The lowest BCUT2D eigenvalue weighted by molar-refractivity contribution is -0.127. The molecule has 0 saturated carbocycles. The molecular weight excluding hydrogens is 250 g/mol. The highest BCUT2D eigenvalue weighted by molar-refractivity contribution is 5.79. The van der Waals surface area contributed by atoms with Crippen molar-refractivity contribution in [1.82, 2.24) is 15.5 Å². The molecule has 4 nitrogen and oxygen atoms in total. The van der Waals surface area contributed by atoms with Gasteiger partial charge in [-0.1, -0.05) is 13.8 Å². The smallest absolute Gasteiger partial charge is 0.224 e. The van der Waals surface area contributed by atoms with E-state index in [1.165, 1.54) is 0 Å². The second-order valence-corrected chi connectivity index (χ2v) is 6.07. The van der Waals surface area contributed by atoms with Crippen LogP contribution in [0.4, 0.5) is 0 Å². The molecule has 20 heavy (non-hydrogen) atoms. The van der Waals surface area contributed by atoms with E-state index in [0.29, 0.717) is 6.04 Å². The molecule has 118 valence electrons. The van der Waals surface area contributed by atoms with Gasteiger partial charge in [-0.15, -0.1) is 0 Å². The third-order valence-corrected chi connectivity index (χ3v) is 4.49. The summed E-state index contributed by atoms with van der Waals surface area (Å²) in [4.78, 5) is 14.7. The van der Waals surface area contributed by atoms with E-state index in [0.717, 1.165) is 51.9 Å². The average molecular weight is 283 g/mol. The Morgan fingerprint density at radius 1 is 1.40 bits per heavy atom. The lowest BCUT2D eigenvalue weighted by Gasteiger charge is -2.30. The van der Waals surface area contributed by atoms with Crippen LogP contribution in [0.2, 0.25) is 0 Å². The van der Waals surface area contributed by atoms with Crippen LogP contribution in [0.5, 0.6) is 0 Å². The summed E-state index contributed by atoms with van der Waals surface area (Å²) in [6.45, 7) is 13.1. The third-order valence-electron chi connectivity index (χ3n) is 4.49. The Labute approximate surface area is 124 Å². The normalized spacial score (nSPS) is 24.6. The maximum Gasteiger partial charge on any atom is 0.224 e. The first-order valence-corrected chi connectivity index (χ1v) is 8.34. The molecule has 0 aromatic heterocycles. The third kappa shape index (κ3) is 5.80. The molecule has 1 fully saturated rings. The van der Waals surface area contributed by atoms with Crippen molar-refractivity contribution in [3.63, 3.8) is 0 Å². The maximum absolute atomic E-state index is 12.3. The topological polar surface area (TPSA) is 44.4 Å². The van der Waals surface area contributed by atoms with Gasteiger partial charge in [0, 0.05) is 12.1 Å². The van der Waals surface area contributed by atoms with Crippen molar-refractivity contribution in [2.24, 2.45) is 5.92 Å². The second kappa shape index (κ2) is 9.35. The molecule has 3 atom stereocenters. The molecule has 2 N–H and O–H groups in total. The maximum atomic E-state index is 12.3. The molecular formula is C16H33N3O. The van der Waals surface area contributed by atoms with Crippen LogP contribution >= 0.6 is 0 Å². The molecule has 1 amide bonds. The van der Waals surface area contributed by atoms with Gasteiger partial charge in [-0.25, -0.2) is 0 Å². The Morgan fingerprint density at radius 3 is 2.70 bits per heavy atom. The summed E-state index contributed by atoms with van der Waals surface area (Å²) in [5, 5.41) is 6.58. The van der Waals surface area contributed by atoms with E-state index in [-0.39, 0.29) is 17.9 Å². The van der Waals surface area contributed by atoms with Crippen molar-refractivity contribution >= 4 is 5.91 Å². The standard InChI is InChI=1S/C16H33N3O/c1-5-19(6-2)12-8-9-13(3)18-16(20)15-10-7-11-17-14(15)4/h13-15,17H,5-12H2,1-4H3,(H,18,20). The Balaban J connectivity index is 2.23. The van der Waals surface area contributed by atoms with Gasteiger partial charge in [0.1, 0.15) is 0 Å². The molecule has 1 aliphatic heterocycles. The minimum Gasteiger partial charge on any atom is -0.353 e. The molecule has 1 saturated heterocycles. The number of hydrogen-bond donors (Lipinski definition) is 2. The van der Waals surface area contributed by atoms with Crippen molar-refractivity contribution < 1.29 is 4.79 Å². The van der Waals surface area contributed by atoms with Crippen LogP contribution in [-0.4, -0.2) is 49.1 Å². The van der Waals surface area contributed by atoms with Gasteiger partial charge in [0.25, 0.3) is 0 Å². The number of amides is 1. The Hall–Kier alpha value is -0.610. The minimum absolute atomic E-state index is 0.147. The lowest BCUT2D eigenvalue weighted by atomic mass is 9.91. The minimum atomic E-state index is 0.147. The summed E-state index contributed by atoms with van der Waals surface area (Å²) < 4.78 is 0. The number of nitrogens with zero attached hydrogens (tertiary/aromatic N) is 1. The Morgan fingerprint density at radius 2 is 2.10 bits per heavy atom. The average Bonchev–Trinajstić information content (AvgIpc) is 2.44. The van der Waals surface area contributed by atoms with E-state index in [9.17, 15) is 4.79 Å². The number of rotatable bonds is 8. The van der Waals surface area contributed by atoms with Crippen molar-refractivity contribution in [1.29, 1.82) is 0 Å². The van der Waals surface area contributed by atoms with E-state index in [2.05, 4.69) is 43.2 Å². The molecule has 0 aliphatic carbocycles. The van der Waals surface area contributed by atoms with Gasteiger partial charge in [-0.2, -0.15) is 0 Å². The van der Waals surface area contributed by atoms with Crippen LogP contribution < -0.4 is 10.6 Å². The summed E-state index contributed by atoms with van der Waals surface area (Å²) in [5.41, 5.74) is 0. The zero-order valence-corrected chi connectivity index (χ0v) is 13.7. The van der Waals surface area contributed by atoms with Gasteiger partial charge < -0.3 is 15.5 Å². The quantitative estimate of drug-likeness (QED) is 0.716. The highest BCUT2D eigenvalue weighted by Gasteiger charge is 2.27. The SMILES string of the molecule is CCN(CC)CCCC(C)NC(=O)C1CCCNC1C. The number of hydrogen-bond acceptors (Lipinski definition) is 3. The lowest BCUT2D eigenvalue weighted by Crippen LogP contribution is -2.48. The van der Waals surface area contributed by atoms with E-state index in [4.69, 9.17) is 0 Å². The molecule has 1 rings (SSSR count). The van der Waals surface area contributed by atoms with E-state index in [1.807, 2.05) is 0 Å². The molecule has 0 aromatic rings. The molecule has 0 bridgehead atoms. The predicted molar refractivity (Wildman–Crippen MR) is 84.8 cm³/mol. The summed E-state index contributed by atoms with van der Waals surface area (Å²) in [6.07, 6.45) is 4.35. The van der Waals surface area contributed by atoms with Crippen LogP contribution in [0, 0.1) is 5.92 Å². The van der Waals surface area contributed by atoms with Crippen molar-refractivity contribution in [2.45, 2.75) is 65.5 Å². The van der Waals surface area contributed by atoms with Crippen LogP contribution in [0.1, 0.15) is 53.4 Å². The van der Waals surface area contributed by atoms with Crippen molar-refractivity contribution in [2.75, 3.05) is 26.2 Å². The zero-order valence-electron chi connectivity index (χ0n) is 13.7. The first-order valence-electron chi connectivity index (χ1n) is 8.34. The summed E-state index contributed by atoms with van der Waals surface area (Å²) >= 11 is 0. The van der Waals surface area contributed by atoms with Gasteiger partial charge in [-0.05, 0) is 65.7 Å². The van der Waals surface area contributed by atoms with Gasteiger partial charge in [0.15, 0.2) is 0 Å². The highest BCUT2D eigenvalue weighted by atomic mass is 16.2. The van der Waals surface area contributed by atoms with Gasteiger partial charge in [-0.3, -0.25) is 4.79 Å². The van der Waals surface area contributed by atoms with E-state index >= 15 is 0 Å². The van der Waals surface area contributed by atoms with Crippen molar-refractivity contribution in [3.05, 3.63) is 0 Å². The highest BCUT2D eigenvalue weighted by Crippen LogP contribution is 2.16. The Kier molecular flexibility index (Phi) is 8.15. The molecule has 0 spiro atoms. The van der Waals surface area contributed by atoms with E-state index < -0.39 is 0 Å². The number of piperidine rings is 1.